The van der Waals surface area contributed by atoms with Crippen LogP contribution in [0.5, 0.6) is 0 Å². The van der Waals surface area contributed by atoms with Gasteiger partial charge in [-0.1, -0.05) is 0 Å². The van der Waals surface area contributed by atoms with Gasteiger partial charge in [0.05, 0.1) is 0 Å². The third-order valence-corrected chi connectivity index (χ3v) is 2.67. The molecule has 0 N–H and O–H groups in total. The Morgan fingerprint density at radius 1 is 0.909 bits per heavy atom. The van der Waals surface area contributed by atoms with E-state index < -0.39 is 32.2 Å². The molecule has 68 valence electrons. The van der Waals surface area contributed by atoms with Crippen LogP contribution in [0.2, 0.25) is 0 Å². The Morgan fingerprint density at radius 2 is 1.18 bits per heavy atom. The molecule has 0 aromatic carbocycles. The summed E-state index contributed by atoms with van der Waals surface area (Å²) in [5.41, 5.74) is 0. The molecule has 0 radical (unpaired) electrons. The normalized spacial score (nSPS) is 13.3. The van der Waals surface area contributed by atoms with Gasteiger partial charge in [-0.25, -0.2) is 8.78 Å². The molecule has 0 atom stereocenters. The zero-order valence-corrected chi connectivity index (χ0v) is 6.66. The van der Waals surface area contributed by atoms with Gasteiger partial charge in [0.15, 0.2) is 0 Å². The van der Waals surface area contributed by atoms with Crippen LogP contribution in [-0.2, 0) is 23.9 Å². The van der Waals surface area contributed by atoms with Gasteiger partial charge in [0.2, 0.25) is 12.0 Å². The van der Waals surface area contributed by atoms with Crippen LogP contribution in [0, 0.1) is 0 Å². The zero-order chi connectivity index (χ0) is 9.12. The molecule has 0 heterocycles. The Bertz CT molecular complexity index is 269. The van der Waals surface area contributed by atoms with E-state index in [-0.39, 0.29) is 0 Å². The molecule has 0 bridgehead atoms. The highest BCUT2D eigenvalue weighted by Crippen LogP contribution is 2.02. The number of alkyl halides is 2. The van der Waals surface area contributed by atoms with E-state index in [0.29, 0.717) is 0 Å². The highest BCUT2D eigenvalue weighted by Gasteiger charge is 2.21. The van der Waals surface area contributed by atoms with Crippen molar-refractivity contribution in [2.45, 2.75) is 0 Å². The molecule has 0 saturated heterocycles. The molecule has 11 heavy (non-hydrogen) atoms. The van der Waals surface area contributed by atoms with E-state index in [1.54, 1.807) is 0 Å². The summed E-state index contributed by atoms with van der Waals surface area (Å²) in [7, 11) is -9.57. The molecule has 0 amide bonds. The lowest BCUT2D eigenvalue weighted by molar-refractivity contribution is 0.422. The highest BCUT2D eigenvalue weighted by atomic mass is 32.3. The van der Waals surface area contributed by atoms with Crippen LogP contribution in [0.3, 0.4) is 0 Å². The topological polar surface area (TPSA) is 77.5 Å². The highest BCUT2D eigenvalue weighted by molar-refractivity contribution is 7.99. The maximum absolute atomic E-state index is 11.3. The molecular weight excluding hydrogens is 206 g/mol. The molecule has 0 aliphatic heterocycles. The fourth-order valence-corrected chi connectivity index (χ4v) is 1.75. The number of halogens is 2. The third-order valence-electron chi connectivity index (χ3n) is 0.475. The largest absolute Gasteiger partial charge is 0.311 e. The first-order chi connectivity index (χ1) is 4.83. The second kappa shape index (κ2) is 3.41. The van der Waals surface area contributed by atoms with Crippen LogP contribution in [0.15, 0.2) is 0 Å². The molecule has 0 spiro atoms. The lowest BCUT2D eigenvalue weighted by Crippen LogP contribution is -2.15. The zero-order valence-electron chi connectivity index (χ0n) is 5.03. The molecule has 0 aromatic rings. The molecule has 5 nitrogen and oxygen atoms in total. The van der Waals surface area contributed by atoms with Gasteiger partial charge in [0.25, 0.3) is 0 Å². The third kappa shape index (κ3) is 4.22. The molecule has 0 aliphatic rings. The van der Waals surface area contributed by atoms with Crippen molar-refractivity contribution in [2.24, 2.45) is 0 Å². The average Bonchev–Trinajstić information content (AvgIpc) is 1.86. The van der Waals surface area contributed by atoms with E-state index >= 15 is 0 Å². The van der Waals surface area contributed by atoms with Gasteiger partial charge in [-0.2, -0.15) is 16.8 Å². The summed E-state index contributed by atoms with van der Waals surface area (Å²) in [6.45, 7) is 0. The van der Waals surface area contributed by atoms with E-state index in [1.807, 2.05) is 0 Å². The standard InChI is InChI=1S/C2H4F2O5S2/c3-1-10(5,6)9-11(7,8)2-4/h1-2H2. The predicted octanol–water partition coefficient (Wildman–Crippen LogP) is -0.483. The number of hydrogen-bond donors (Lipinski definition) is 0. The summed E-state index contributed by atoms with van der Waals surface area (Å²) < 4.78 is 65.9. The first-order valence-electron chi connectivity index (χ1n) is 2.11. The maximum Gasteiger partial charge on any atom is 0.311 e. The molecule has 9 heteroatoms. The van der Waals surface area contributed by atoms with Crippen molar-refractivity contribution in [1.29, 1.82) is 0 Å². The SMILES string of the molecule is O=S(=O)(CF)OS(=O)(=O)CF. The van der Waals surface area contributed by atoms with Crippen molar-refractivity contribution >= 4 is 20.2 Å². The van der Waals surface area contributed by atoms with Gasteiger partial charge in [-0.3, -0.25) is 0 Å². The quantitative estimate of drug-likeness (QED) is 0.626. The molecule has 0 saturated carbocycles. The van der Waals surface area contributed by atoms with Crippen molar-refractivity contribution in [1.82, 2.24) is 0 Å². The Morgan fingerprint density at radius 3 is 1.36 bits per heavy atom. The summed E-state index contributed by atoms with van der Waals surface area (Å²) in [4.78, 5) is 0. The van der Waals surface area contributed by atoms with Crippen molar-refractivity contribution in [3.63, 3.8) is 0 Å². The molecule has 0 aliphatic carbocycles. The predicted molar refractivity (Wildman–Crippen MR) is 30.9 cm³/mol. The summed E-state index contributed by atoms with van der Waals surface area (Å²) in [6, 6.07) is -4.02. The van der Waals surface area contributed by atoms with Gasteiger partial charge in [-0.05, 0) is 0 Å². The number of hydrogen-bond acceptors (Lipinski definition) is 5. The lowest BCUT2D eigenvalue weighted by Gasteiger charge is -1.97. The van der Waals surface area contributed by atoms with Crippen LogP contribution in [-0.4, -0.2) is 28.8 Å². The Kier molecular flexibility index (Phi) is 3.32. The minimum Gasteiger partial charge on any atom is -0.231 e. The monoisotopic (exact) mass is 210 g/mol. The first-order valence-corrected chi connectivity index (χ1v) is 5.27. The summed E-state index contributed by atoms with van der Waals surface area (Å²) in [6.07, 6.45) is 0. The molecular formula is C2H4F2O5S2. The van der Waals surface area contributed by atoms with Crippen LogP contribution >= 0.6 is 0 Å². The van der Waals surface area contributed by atoms with E-state index in [2.05, 4.69) is 3.63 Å². The van der Waals surface area contributed by atoms with E-state index in [0.717, 1.165) is 0 Å². The van der Waals surface area contributed by atoms with Crippen LogP contribution < -0.4 is 0 Å². The second-order valence-electron chi connectivity index (χ2n) is 1.40. The van der Waals surface area contributed by atoms with Gasteiger partial charge in [-0.15, -0.1) is 3.63 Å². The van der Waals surface area contributed by atoms with E-state index in [4.69, 9.17) is 0 Å². The van der Waals surface area contributed by atoms with Gasteiger partial charge >= 0.3 is 20.2 Å². The van der Waals surface area contributed by atoms with E-state index in [9.17, 15) is 25.6 Å². The molecule has 0 unspecified atom stereocenters. The lowest BCUT2D eigenvalue weighted by atomic mass is 11.8. The summed E-state index contributed by atoms with van der Waals surface area (Å²) in [5, 5.41) is 0. The summed E-state index contributed by atoms with van der Waals surface area (Å²) in [5.74, 6) is 0. The van der Waals surface area contributed by atoms with Crippen molar-refractivity contribution in [3.05, 3.63) is 0 Å². The maximum atomic E-state index is 11.3. The van der Waals surface area contributed by atoms with Crippen molar-refractivity contribution in [2.75, 3.05) is 12.0 Å². The minimum atomic E-state index is -4.78. The number of rotatable bonds is 4. The van der Waals surface area contributed by atoms with Crippen molar-refractivity contribution in [3.8, 4) is 0 Å². The van der Waals surface area contributed by atoms with Gasteiger partial charge in [0, 0.05) is 0 Å². The molecule has 0 aromatic heterocycles. The fraction of sp³-hybridized carbons (Fsp3) is 1.00. The Labute approximate surface area is 62.2 Å². The smallest absolute Gasteiger partial charge is 0.231 e. The molecule has 0 rings (SSSR count). The van der Waals surface area contributed by atoms with E-state index in [1.165, 1.54) is 0 Å². The summed E-state index contributed by atoms with van der Waals surface area (Å²) >= 11 is 0. The van der Waals surface area contributed by atoms with Crippen LogP contribution in [0.25, 0.3) is 0 Å². The molecule has 0 fully saturated rings. The minimum absolute atomic E-state index is 2.01. The Balaban J connectivity index is 4.54. The average molecular weight is 210 g/mol. The van der Waals surface area contributed by atoms with Crippen LogP contribution in [0.1, 0.15) is 0 Å². The van der Waals surface area contributed by atoms with Crippen molar-refractivity contribution < 1.29 is 29.2 Å². The van der Waals surface area contributed by atoms with Gasteiger partial charge in [0.1, 0.15) is 0 Å². The van der Waals surface area contributed by atoms with Crippen LogP contribution in [0.4, 0.5) is 8.78 Å². The van der Waals surface area contributed by atoms with Gasteiger partial charge < -0.3 is 0 Å². The Hall–Kier alpha value is -0.280. The first kappa shape index (κ1) is 10.7. The second-order valence-corrected chi connectivity index (χ2v) is 4.61. The fourth-order valence-electron chi connectivity index (χ4n) is 0.194.